The van der Waals surface area contributed by atoms with Gasteiger partial charge in [-0.1, -0.05) is 41.9 Å². The highest BCUT2D eigenvalue weighted by atomic mass is 79.9. The Balaban J connectivity index is 1.79. The van der Waals surface area contributed by atoms with Gasteiger partial charge in [-0.25, -0.2) is 4.98 Å². The van der Waals surface area contributed by atoms with Crippen LogP contribution in [0.3, 0.4) is 0 Å². The summed E-state index contributed by atoms with van der Waals surface area (Å²) in [7, 11) is 0. The first kappa shape index (κ1) is 16.2. The van der Waals surface area contributed by atoms with Gasteiger partial charge in [-0.15, -0.1) is 0 Å². The predicted molar refractivity (Wildman–Crippen MR) is 94.9 cm³/mol. The lowest BCUT2D eigenvalue weighted by molar-refractivity contribution is -0.133. The number of nitrogens with zero attached hydrogens (tertiary/aromatic N) is 2. The molecule has 3 rings (SSSR count). The van der Waals surface area contributed by atoms with Crippen LogP contribution in [0.5, 0.6) is 0 Å². The number of carbonyl (C=O) groups is 1. The van der Waals surface area contributed by atoms with Gasteiger partial charge in [-0.2, -0.15) is 0 Å². The van der Waals surface area contributed by atoms with Gasteiger partial charge < -0.3 is 9.88 Å². The minimum Gasteiger partial charge on any atom is -0.340 e. The van der Waals surface area contributed by atoms with Crippen molar-refractivity contribution >= 4 is 21.8 Å². The number of rotatable bonds is 4. The lowest BCUT2D eigenvalue weighted by Gasteiger charge is -2.24. The van der Waals surface area contributed by atoms with Gasteiger partial charge in [0, 0.05) is 17.4 Å². The Bertz CT molecular complexity index is 678. The molecule has 2 heterocycles. The van der Waals surface area contributed by atoms with Crippen LogP contribution >= 0.6 is 15.9 Å². The van der Waals surface area contributed by atoms with Gasteiger partial charge in [0.2, 0.25) is 5.91 Å². The number of aromatic amines is 1. The number of aromatic nitrogens is 2. The van der Waals surface area contributed by atoms with Gasteiger partial charge >= 0.3 is 0 Å². The second-order valence-electron chi connectivity index (χ2n) is 6.53. The van der Waals surface area contributed by atoms with E-state index in [1.165, 1.54) is 0 Å². The van der Waals surface area contributed by atoms with E-state index < -0.39 is 0 Å². The maximum absolute atomic E-state index is 12.4. The molecule has 1 amide bonds. The number of imidazole rings is 1. The molecule has 1 aliphatic heterocycles. The second kappa shape index (κ2) is 6.87. The van der Waals surface area contributed by atoms with Gasteiger partial charge in [0.15, 0.2) is 0 Å². The Kier molecular flexibility index (Phi) is 4.85. The second-order valence-corrected chi connectivity index (χ2v) is 7.45. The van der Waals surface area contributed by atoms with Crippen LogP contribution in [0.1, 0.15) is 45.0 Å². The highest BCUT2D eigenvalue weighted by Crippen LogP contribution is 2.32. The maximum Gasteiger partial charge on any atom is 0.223 e. The van der Waals surface area contributed by atoms with Crippen LogP contribution in [0, 0.1) is 5.92 Å². The standard InChI is InChI=1S/C18H22BrN3O/c1-12(2)10-17(23)22-9-3-4-16(22)18-20-11-15(21-18)13-5-7-14(19)8-6-13/h5-8,11-12,16H,3-4,9-10H2,1-2H3,(H,20,21)/t16-/m0/s1. The average molecular weight is 376 g/mol. The van der Waals surface area contributed by atoms with Crippen LogP contribution < -0.4 is 0 Å². The minimum atomic E-state index is 0.0884. The zero-order chi connectivity index (χ0) is 16.4. The smallest absolute Gasteiger partial charge is 0.223 e. The van der Waals surface area contributed by atoms with Gasteiger partial charge in [0.1, 0.15) is 5.82 Å². The average Bonchev–Trinajstić information content (AvgIpc) is 3.16. The Morgan fingerprint density at radius 1 is 1.39 bits per heavy atom. The first-order chi connectivity index (χ1) is 11.0. The fraction of sp³-hybridized carbons (Fsp3) is 0.444. The summed E-state index contributed by atoms with van der Waals surface area (Å²) in [6.45, 7) is 5.01. The number of benzene rings is 1. The highest BCUT2D eigenvalue weighted by Gasteiger charge is 2.31. The molecule has 122 valence electrons. The molecule has 23 heavy (non-hydrogen) atoms. The number of hydrogen-bond acceptors (Lipinski definition) is 2. The zero-order valence-corrected chi connectivity index (χ0v) is 15.1. The molecule has 0 spiro atoms. The number of H-pyrrole nitrogens is 1. The van der Waals surface area contributed by atoms with Crippen molar-refractivity contribution in [1.82, 2.24) is 14.9 Å². The molecule has 0 aliphatic carbocycles. The maximum atomic E-state index is 12.4. The lowest BCUT2D eigenvalue weighted by Crippen LogP contribution is -2.31. The number of nitrogens with one attached hydrogen (secondary N) is 1. The van der Waals surface area contributed by atoms with E-state index in [4.69, 9.17) is 0 Å². The number of likely N-dealkylation sites (tertiary alicyclic amines) is 1. The topological polar surface area (TPSA) is 49.0 Å². The van der Waals surface area contributed by atoms with Crippen LogP contribution in [-0.4, -0.2) is 27.3 Å². The van der Waals surface area contributed by atoms with Crippen molar-refractivity contribution in [2.45, 2.75) is 39.2 Å². The van der Waals surface area contributed by atoms with Gasteiger partial charge in [0.05, 0.1) is 17.9 Å². The van der Waals surface area contributed by atoms with Gasteiger partial charge in [-0.3, -0.25) is 4.79 Å². The van der Waals surface area contributed by atoms with Crippen molar-refractivity contribution in [1.29, 1.82) is 0 Å². The Morgan fingerprint density at radius 2 is 2.13 bits per heavy atom. The summed E-state index contributed by atoms with van der Waals surface area (Å²) in [5.74, 6) is 1.53. The fourth-order valence-electron chi connectivity index (χ4n) is 3.10. The minimum absolute atomic E-state index is 0.0884. The normalized spacial score (nSPS) is 17.9. The quantitative estimate of drug-likeness (QED) is 0.851. The molecule has 0 radical (unpaired) electrons. The molecule has 0 saturated carbocycles. The van der Waals surface area contributed by atoms with Crippen molar-refractivity contribution in [2.75, 3.05) is 6.54 Å². The first-order valence-electron chi connectivity index (χ1n) is 8.15. The van der Waals surface area contributed by atoms with Crippen molar-refractivity contribution in [2.24, 2.45) is 5.92 Å². The summed E-state index contributed by atoms with van der Waals surface area (Å²) in [4.78, 5) is 22.4. The fourth-order valence-corrected chi connectivity index (χ4v) is 3.36. The summed E-state index contributed by atoms with van der Waals surface area (Å²) in [6, 6.07) is 8.23. The molecule has 1 aliphatic rings. The molecule has 1 N–H and O–H groups in total. The molecule has 0 unspecified atom stereocenters. The van der Waals surface area contributed by atoms with E-state index in [-0.39, 0.29) is 11.9 Å². The van der Waals surface area contributed by atoms with E-state index >= 15 is 0 Å². The van der Waals surface area contributed by atoms with Crippen LogP contribution in [0.15, 0.2) is 34.9 Å². The van der Waals surface area contributed by atoms with Crippen LogP contribution in [0.2, 0.25) is 0 Å². The molecule has 1 fully saturated rings. The Hall–Kier alpha value is -1.62. The molecular weight excluding hydrogens is 354 g/mol. The van der Waals surface area contributed by atoms with E-state index in [1.807, 2.05) is 23.2 Å². The Labute approximate surface area is 145 Å². The van der Waals surface area contributed by atoms with Crippen molar-refractivity contribution in [3.63, 3.8) is 0 Å². The summed E-state index contributed by atoms with van der Waals surface area (Å²) in [5, 5.41) is 0. The van der Waals surface area contributed by atoms with E-state index in [0.29, 0.717) is 12.3 Å². The highest BCUT2D eigenvalue weighted by molar-refractivity contribution is 9.10. The van der Waals surface area contributed by atoms with Crippen molar-refractivity contribution in [3.8, 4) is 11.3 Å². The van der Waals surface area contributed by atoms with Gasteiger partial charge in [0.25, 0.3) is 0 Å². The number of amides is 1. The predicted octanol–water partition coefficient (Wildman–Crippen LogP) is 4.55. The van der Waals surface area contributed by atoms with E-state index in [1.54, 1.807) is 0 Å². The summed E-state index contributed by atoms with van der Waals surface area (Å²) >= 11 is 3.45. The number of halogens is 1. The van der Waals surface area contributed by atoms with Crippen LogP contribution in [0.25, 0.3) is 11.3 Å². The number of hydrogen-bond donors (Lipinski definition) is 1. The monoisotopic (exact) mass is 375 g/mol. The molecule has 1 atom stereocenters. The molecule has 1 saturated heterocycles. The largest absolute Gasteiger partial charge is 0.340 e. The third kappa shape index (κ3) is 3.66. The first-order valence-corrected chi connectivity index (χ1v) is 8.94. The molecule has 2 aromatic rings. The molecule has 5 heteroatoms. The SMILES string of the molecule is CC(C)CC(=O)N1CCC[C@H]1c1ncc(-c2ccc(Br)cc2)[nH]1. The van der Waals surface area contributed by atoms with Crippen LogP contribution in [-0.2, 0) is 4.79 Å². The molecule has 0 bridgehead atoms. The van der Waals surface area contributed by atoms with Crippen molar-refractivity contribution in [3.05, 3.63) is 40.8 Å². The lowest BCUT2D eigenvalue weighted by atomic mass is 10.1. The van der Waals surface area contributed by atoms with E-state index in [0.717, 1.165) is 40.9 Å². The van der Waals surface area contributed by atoms with Crippen molar-refractivity contribution < 1.29 is 4.79 Å². The van der Waals surface area contributed by atoms with Crippen LogP contribution in [0.4, 0.5) is 0 Å². The van der Waals surface area contributed by atoms with E-state index in [9.17, 15) is 4.79 Å². The Morgan fingerprint density at radius 3 is 2.83 bits per heavy atom. The zero-order valence-electron chi connectivity index (χ0n) is 13.6. The molecule has 4 nitrogen and oxygen atoms in total. The van der Waals surface area contributed by atoms with Gasteiger partial charge in [-0.05, 0) is 36.5 Å². The molecule has 1 aromatic carbocycles. The summed E-state index contributed by atoms with van der Waals surface area (Å²) in [6.07, 6.45) is 4.50. The number of carbonyl (C=O) groups excluding carboxylic acids is 1. The third-order valence-corrected chi connectivity index (χ3v) is 4.75. The summed E-state index contributed by atoms with van der Waals surface area (Å²) < 4.78 is 1.06. The van der Waals surface area contributed by atoms with E-state index in [2.05, 4.69) is 51.9 Å². The summed E-state index contributed by atoms with van der Waals surface area (Å²) in [5.41, 5.74) is 2.10. The third-order valence-electron chi connectivity index (χ3n) is 4.22. The molecular formula is C18H22BrN3O. The molecule has 1 aromatic heterocycles.